The van der Waals surface area contributed by atoms with Crippen LogP contribution in [0.25, 0.3) is 0 Å². The van der Waals surface area contributed by atoms with Gasteiger partial charge in [0, 0.05) is 19.5 Å². The lowest BCUT2D eigenvalue weighted by Gasteiger charge is -2.10. The molecule has 0 bridgehead atoms. The van der Waals surface area contributed by atoms with Crippen molar-refractivity contribution in [2.45, 2.75) is 37.8 Å². The Labute approximate surface area is 193 Å². The quantitative estimate of drug-likeness (QED) is 0.414. The number of amides is 1. The third kappa shape index (κ3) is 7.69. The first-order chi connectivity index (χ1) is 15.8. The fourth-order valence-electron chi connectivity index (χ4n) is 3.15. The zero-order chi connectivity index (χ0) is 23.7. The summed E-state index contributed by atoms with van der Waals surface area (Å²) in [5.74, 6) is 0.244. The minimum atomic E-state index is -3.78. The molecule has 3 rings (SSSR count). The summed E-state index contributed by atoms with van der Waals surface area (Å²) in [7, 11) is -3.78. The van der Waals surface area contributed by atoms with Crippen LogP contribution in [0.5, 0.6) is 5.75 Å². The number of hydrogen-bond donors (Lipinski definition) is 2. The van der Waals surface area contributed by atoms with Gasteiger partial charge in [-0.2, -0.15) is 0 Å². The highest BCUT2D eigenvalue weighted by Crippen LogP contribution is 2.16. The molecule has 0 saturated heterocycles. The van der Waals surface area contributed by atoms with Crippen molar-refractivity contribution < 1.29 is 22.3 Å². The second-order valence-electron chi connectivity index (χ2n) is 7.60. The van der Waals surface area contributed by atoms with Gasteiger partial charge in [0.1, 0.15) is 11.6 Å². The molecule has 2 N–H and O–H groups in total. The van der Waals surface area contributed by atoms with Gasteiger partial charge in [0.05, 0.1) is 11.5 Å². The van der Waals surface area contributed by atoms with Crippen molar-refractivity contribution in [2.24, 2.45) is 0 Å². The largest absolute Gasteiger partial charge is 0.493 e. The van der Waals surface area contributed by atoms with E-state index >= 15 is 0 Å². The molecule has 3 aromatic rings. The van der Waals surface area contributed by atoms with Crippen LogP contribution in [0.15, 0.2) is 77.7 Å². The molecule has 6 nitrogen and oxygen atoms in total. The van der Waals surface area contributed by atoms with E-state index in [-0.39, 0.29) is 23.9 Å². The molecule has 0 aliphatic carbocycles. The Kier molecular flexibility index (Phi) is 8.57. The number of carbonyl (C=O) groups is 1. The summed E-state index contributed by atoms with van der Waals surface area (Å²) in [5.41, 5.74) is 2.23. The Morgan fingerprint density at radius 3 is 2.42 bits per heavy atom. The maximum Gasteiger partial charge on any atom is 0.240 e. The van der Waals surface area contributed by atoms with Crippen molar-refractivity contribution in [3.05, 3.63) is 95.3 Å². The Morgan fingerprint density at radius 1 is 0.939 bits per heavy atom. The van der Waals surface area contributed by atoms with Crippen LogP contribution in [0.4, 0.5) is 4.39 Å². The highest BCUT2D eigenvalue weighted by atomic mass is 32.2. The number of carbonyl (C=O) groups excluding carboxylic acids is 1. The second-order valence-corrected chi connectivity index (χ2v) is 9.36. The summed E-state index contributed by atoms with van der Waals surface area (Å²) in [6, 6.07) is 19.8. The highest BCUT2D eigenvalue weighted by molar-refractivity contribution is 7.89. The zero-order valence-electron chi connectivity index (χ0n) is 18.4. The lowest BCUT2D eigenvalue weighted by Crippen LogP contribution is -2.25. The van der Waals surface area contributed by atoms with Gasteiger partial charge < -0.3 is 10.1 Å². The highest BCUT2D eigenvalue weighted by Gasteiger charge is 2.14. The molecular weight excluding hydrogens is 443 g/mol. The van der Waals surface area contributed by atoms with Crippen LogP contribution in [0, 0.1) is 12.7 Å². The number of para-hydroxylation sites is 1. The third-order valence-electron chi connectivity index (χ3n) is 4.95. The van der Waals surface area contributed by atoms with Crippen LogP contribution in [0.1, 0.15) is 29.5 Å². The molecule has 0 aliphatic rings. The van der Waals surface area contributed by atoms with Crippen LogP contribution in [0.2, 0.25) is 0 Å². The molecule has 174 valence electrons. The Morgan fingerprint density at radius 2 is 1.67 bits per heavy atom. The Balaban J connectivity index is 1.46. The van der Waals surface area contributed by atoms with Gasteiger partial charge in [0.25, 0.3) is 0 Å². The standard InChI is InChI=1S/C25H27FN2O4S/c1-19-7-2-3-12-24(19)32-14-6-13-25(29)27-17-21-9-5-11-23(16-21)33(30,31)28-18-20-8-4-10-22(26)15-20/h2-5,7-12,15-16,28H,6,13-14,17-18H2,1H3,(H,27,29). The number of rotatable bonds is 11. The Bertz CT molecular complexity index is 1200. The zero-order valence-corrected chi connectivity index (χ0v) is 19.2. The average molecular weight is 471 g/mol. The number of nitrogens with one attached hydrogen (secondary N) is 2. The minimum absolute atomic E-state index is 0.0222. The number of aryl methyl sites for hydroxylation is 1. The predicted octanol–water partition coefficient (Wildman–Crippen LogP) is 4.09. The molecule has 0 fully saturated rings. The fourth-order valence-corrected chi connectivity index (χ4v) is 4.24. The van der Waals surface area contributed by atoms with Gasteiger partial charge in [-0.3, -0.25) is 4.79 Å². The normalized spacial score (nSPS) is 11.2. The molecular formula is C25H27FN2O4S. The van der Waals surface area contributed by atoms with Crippen LogP contribution in [-0.2, 0) is 27.9 Å². The van der Waals surface area contributed by atoms with E-state index in [2.05, 4.69) is 10.0 Å². The molecule has 0 atom stereocenters. The summed E-state index contributed by atoms with van der Waals surface area (Å²) < 4.78 is 46.6. The first-order valence-corrected chi connectivity index (χ1v) is 12.1. The van der Waals surface area contributed by atoms with E-state index in [1.807, 2.05) is 31.2 Å². The molecule has 3 aromatic carbocycles. The van der Waals surface area contributed by atoms with Crippen molar-refractivity contribution in [3.63, 3.8) is 0 Å². The van der Waals surface area contributed by atoms with Crippen molar-refractivity contribution >= 4 is 15.9 Å². The molecule has 33 heavy (non-hydrogen) atoms. The monoisotopic (exact) mass is 470 g/mol. The summed E-state index contributed by atoms with van der Waals surface area (Å²) >= 11 is 0. The van der Waals surface area contributed by atoms with Gasteiger partial charge in [0.2, 0.25) is 15.9 Å². The van der Waals surface area contributed by atoms with E-state index in [1.165, 1.54) is 30.3 Å². The van der Waals surface area contributed by atoms with E-state index < -0.39 is 15.8 Å². The molecule has 0 unspecified atom stereocenters. The van der Waals surface area contributed by atoms with Gasteiger partial charge in [-0.05, 0) is 60.4 Å². The number of hydrogen-bond acceptors (Lipinski definition) is 4. The van der Waals surface area contributed by atoms with Crippen molar-refractivity contribution in [3.8, 4) is 5.75 Å². The maximum atomic E-state index is 13.3. The number of sulfonamides is 1. The first kappa shape index (κ1) is 24.4. The number of benzene rings is 3. The Hall–Kier alpha value is -3.23. The molecule has 1 amide bonds. The van der Waals surface area contributed by atoms with Gasteiger partial charge in [-0.25, -0.2) is 17.5 Å². The van der Waals surface area contributed by atoms with Crippen molar-refractivity contribution in [2.75, 3.05) is 6.61 Å². The SMILES string of the molecule is Cc1ccccc1OCCCC(=O)NCc1cccc(S(=O)(=O)NCc2cccc(F)c2)c1. The summed E-state index contributed by atoms with van der Waals surface area (Å²) in [5, 5.41) is 2.80. The van der Waals surface area contributed by atoms with Crippen LogP contribution in [-0.4, -0.2) is 20.9 Å². The smallest absolute Gasteiger partial charge is 0.240 e. The summed E-state index contributed by atoms with van der Waals surface area (Å²) in [6.07, 6.45) is 0.873. The second kappa shape index (κ2) is 11.6. The van der Waals surface area contributed by atoms with Gasteiger partial charge in [-0.1, -0.05) is 42.5 Å². The van der Waals surface area contributed by atoms with Crippen LogP contribution < -0.4 is 14.8 Å². The maximum absolute atomic E-state index is 13.3. The van der Waals surface area contributed by atoms with E-state index in [0.29, 0.717) is 30.6 Å². The molecule has 0 radical (unpaired) electrons. The van der Waals surface area contributed by atoms with Crippen molar-refractivity contribution in [1.29, 1.82) is 0 Å². The first-order valence-electron chi connectivity index (χ1n) is 10.6. The average Bonchev–Trinajstić information content (AvgIpc) is 2.80. The van der Waals surface area contributed by atoms with Gasteiger partial charge in [-0.15, -0.1) is 0 Å². The molecule has 0 spiro atoms. The fraction of sp³-hybridized carbons (Fsp3) is 0.240. The van der Waals surface area contributed by atoms with Crippen molar-refractivity contribution in [1.82, 2.24) is 10.0 Å². The van der Waals surface area contributed by atoms with Gasteiger partial charge in [0.15, 0.2) is 0 Å². The van der Waals surface area contributed by atoms with E-state index in [0.717, 1.165) is 11.3 Å². The van der Waals surface area contributed by atoms with E-state index in [1.54, 1.807) is 18.2 Å². The molecule has 0 heterocycles. The lowest BCUT2D eigenvalue weighted by atomic mass is 10.2. The molecule has 0 aliphatic heterocycles. The summed E-state index contributed by atoms with van der Waals surface area (Å²) in [6.45, 7) is 2.59. The molecule has 0 aromatic heterocycles. The summed E-state index contributed by atoms with van der Waals surface area (Å²) in [4.78, 5) is 12.2. The topological polar surface area (TPSA) is 84.5 Å². The lowest BCUT2D eigenvalue weighted by molar-refractivity contribution is -0.121. The molecule has 0 saturated carbocycles. The predicted molar refractivity (Wildman–Crippen MR) is 125 cm³/mol. The van der Waals surface area contributed by atoms with Crippen LogP contribution in [0.3, 0.4) is 0 Å². The van der Waals surface area contributed by atoms with Crippen LogP contribution >= 0.6 is 0 Å². The number of ether oxygens (including phenoxy) is 1. The van der Waals surface area contributed by atoms with Gasteiger partial charge >= 0.3 is 0 Å². The van der Waals surface area contributed by atoms with E-state index in [4.69, 9.17) is 4.74 Å². The third-order valence-corrected chi connectivity index (χ3v) is 6.35. The minimum Gasteiger partial charge on any atom is -0.493 e. The molecule has 8 heteroatoms. The van der Waals surface area contributed by atoms with E-state index in [9.17, 15) is 17.6 Å². The number of halogens is 1.